The molecule has 0 bridgehead atoms. The van der Waals surface area contributed by atoms with Crippen LogP contribution in [0, 0.1) is 17.7 Å². The second-order valence-corrected chi connectivity index (χ2v) is 8.75. The molecule has 192 valence electrons. The van der Waals surface area contributed by atoms with E-state index in [0.29, 0.717) is 30.7 Å². The molecule has 1 fully saturated rings. The first kappa shape index (κ1) is 27.1. The quantitative estimate of drug-likeness (QED) is 0.204. The molecule has 1 aliphatic rings. The Morgan fingerprint density at radius 2 is 2.06 bits per heavy atom. The van der Waals surface area contributed by atoms with Gasteiger partial charge in [0.2, 0.25) is 0 Å². The molecule has 1 aliphatic heterocycles. The zero-order valence-corrected chi connectivity index (χ0v) is 20.8. The number of esters is 1. The minimum Gasteiger partial charge on any atom is -0.459 e. The minimum atomic E-state index is -0.534. The summed E-state index contributed by atoms with van der Waals surface area (Å²) in [7, 11) is 0. The highest BCUT2D eigenvalue weighted by molar-refractivity contribution is 7.77. The summed E-state index contributed by atoms with van der Waals surface area (Å²) in [6.45, 7) is 5.99. The van der Waals surface area contributed by atoms with Gasteiger partial charge in [0.15, 0.2) is 6.29 Å². The molecule has 35 heavy (non-hydrogen) atoms. The first-order chi connectivity index (χ1) is 16.8. The molecule has 2 heterocycles. The highest BCUT2D eigenvalue weighted by atomic mass is 32.1. The predicted molar refractivity (Wildman–Crippen MR) is 126 cm³/mol. The average Bonchev–Trinajstić information content (AvgIpc) is 3.28. The maximum Gasteiger partial charge on any atom is 0.325 e. The zero-order chi connectivity index (χ0) is 25.4. The highest BCUT2D eigenvalue weighted by Gasteiger charge is 2.44. The Morgan fingerprint density at radius 3 is 2.77 bits per heavy atom. The molecule has 5 atom stereocenters. The largest absolute Gasteiger partial charge is 0.459 e. The smallest absolute Gasteiger partial charge is 0.325 e. The van der Waals surface area contributed by atoms with Gasteiger partial charge in [0.05, 0.1) is 12.7 Å². The summed E-state index contributed by atoms with van der Waals surface area (Å²) >= 11 is 3.62. The van der Waals surface area contributed by atoms with Crippen molar-refractivity contribution >= 4 is 24.8 Å². The molecule has 0 aliphatic carbocycles. The van der Waals surface area contributed by atoms with E-state index in [1.807, 2.05) is 13.8 Å². The van der Waals surface area contributed by atoms with Crippen LogP contribution in [0.3, 0.4) is 0 Å². The predicted octanol–water partition coefficient (Wildman–Crippen LogP) is 3.09. The third kappa shape index (κ3) is 7.72. The summed E-state index contributed by atoms with van der Waals surface area (Å²) in [5.41, 5.74) is 1.12. The number of unbranched alkanes of at least 4 members (excludes halogenated alkanes) is 1. The third-order valence-electron chi connectivity index (χ3n) is 6.00. The second-order valence-electron chi connectivity index (χ2n) is 8.56. The number of rotatable bonds is 11. The number of carbonyl (C=O) groups is 2. The van der Waals surface area contributed by atoms with Gasteiger partial charge in [0.25, 0.3) is 0 Å². The summed E-state index contributed by atoms with van der Waals surface area (Å²) in [6.07, 6.45) is 1.60. The van der Waals surface area contributed by atoms with E-state index in [1.54, 1.807) is 23.0 Å². The van der Waals surface area contributed by atoms with Crippen molar-refractivity contribution in [2.45, 2.75) is 65.1 Å². The van der Waals surface area contributed by atoms with Crippen molar-refractivity contribution in [3.8, 4) is 11.3 Å². The number of thiol groups is 1. The van der Waals surface area contributed by atoms with Crippen molar-refractivity contribution in [3.05, 3.63) is 36.3 Å². The van der Waals surface area contributed by atoms with Gasteiger partial charge in [-0.3, -0.25) is 9.59 Å². The molecular weight excluding hydrogens is 479 g/mol. The molecule has 0 amide bonds. The Labute approximate surface area is 208 Å². The number of ether oxygens (including phenoxy) is 3. The van der Waals surface area contributed by atoms with E-state index in [4.69, 9.17) is 14.2 Å². The van der Waals surface area contributed by atoms with Crippen LogP contribution in [0.25, 0.3) is 11.3 Å². The van der Waals surface area contributed by atoms with E-state index in [1.165, 1.54) is 19.1 Å². The fourth-order valence-corrected chi connectivity index (χ4v) is 4.10. The number of hydrogen-bond donors (Lipinski definition) is 2. The van der Waals surface area contributed by atoms with Gasteiger partial charge in [-0.25, -0.2) is 9.07 Å². The van der Waals surface area contributed by atoms with Crippen LogP contribution in [0.4, 0.5) is 4.39 Å². The number of hydrogen-bond acceptors (Lipinski definition) is 10. The van der Waals surface area contributed by atoms with E-state index in [9.17, 15) is 14.0 Å². The van der Waals surface area contributed by atoms with Crippen LogP contribution in [-0.4, -0.2) is 52.0 Å². The number of nitrogens with one attached hydrogen (secondary N) is 1. The average molecular weight is 511 g/mol. The Bertz CT molecular complexity index is 992. The molecule has 1 aromatic heterocycles. The van der Waals surface area contributed by atoms with Crippen LogP contribution in [0.5, 0.6) is 0 Å². The lowest BCUT2D eigenvalue weighted by molar-refractivity contribution is -0.269. The molecule has 12 heteroatoms. The van der Waals surface area contributed by atoms with Crippen molar-refractivity contribution < 1.29 is 33.0 Å². The fraction of sp³-hybridized carbons (Fsp3) is 0.565. The zero-order valence-electron chi connectivity index (χ0n) is 19.9. The first-order valence-corrected chi connectivity index (χ1v) is 11.9. The molecule has 10 nitrogen and oxygen atoms in total. The van der Waals surface area contributed by atoms with Gasteiger partial charge in [-0.05, 0) is 25.0 Å². The van der Waals surface area contributed by atoms with E-state index in [0.717, 1.165) is 0 Å². The summed E-state index contributed by atoms with van der Waals surface area (Å²) in [5.74, 6) is -1.26. The Morgan fingerprint density at radius 1 is 1.26 bits per heavy atom. The van der Waals surface area contributed by atoms with Crippen molar-refractivity contribution in [1.29, 1.82) is 0 Å². The molecule has 1 aromatic carbocycles. The minimum absolute atomic E-state index is 0.0486. The first-order valence-electron chi connectivity index (χ1n) is 11.5. The van der Waals surface area contributed by atoms with Gasteiger partial charge in [0.1, 0.15) is 23.7 Å². The molecule has 0 spiro atoms. The number of benzene rings is 1. The Balaban J connectivity index is 1.64. The van der Waals surface area contributed by atoms with Crippen molar-refractivity contribution in [2.75, 3.05) is 6.61 Å². The normalized spacial score (nSPS) is 24.2. The number of aromatic nitrogens is 3. The summed E-state index contributed by atoms with van der Waals surface area (Å²) < 4.78 is 33.0. The second kappa shape index (κ2) is 13.0. The van der Waals surface area contributed by atoms with Crippen LogP contribution in [-0.2, 0) is 35.2 Å². The molecule has 3 unspecified atom stereocenters. The lowest BCUT2D eigenvalue weighted by Crippen LogP contribution is -2.53. The molecule has 3 rings (SSSR count). The van der Waals surface area contributed by atoms with Crippen molar-refractivity contribution in [1.82, 2.24) is 19.9 Å². The molecule has 1 saturated heterocycles. The van der Waals surface area contributed by atoms with Crippen LogP contribution in [0.15, 0.2) is 30.5 Å². The molecular formula is C23H31FN4O6S. The van der Waals surface area contributed by atoms with Gasteiger partial charge in [-0.2, -0.15) is 0 Å². The van der Waals surface area contributed by atoms with Gasteiger partial charge in [-0.15, -0.1) is 5.10 Å². The number of halogens is 1. The maximum absolute atomic E-state index is 13.6. The molecule has 0 saturated carbocycles. The standard InChI is InChI=1S/C23H31FN4O6S/c1-14-15(2)23(31-10-5-4-9-21(30)34-27-35)33-20(22(14)32-16(3)29)13-28-12-19(25-26-28)17-7-6-8-18(24)11-17/h6-8,11-12,14-15,20,22-23,27,35H,4-5,9-10,13H2,1-3H3/t14-,15?,20?,22-,23?/m1/s1. The van der Waals surface area contributed by atoms with Gasteiger partial charge < -0.3 is 19.0 Å². The van der Waals surface area contributed by atoms with E-state index < -0.39 is 30.4 Å². The van der Waals surface area contributed by atoms with Crippen LogP contribution < -0.4 is 4.89 Å². The van der Waals surface area contributed by atoms with E-state index in [-0.39, 0.29) is 30.6 Å². The van der Waals surface area contributed by atoms with Gasteiger partial charge in [0, 0.05) is 37.4 Å². The lowest BCUT2D eigenvalue weighted by Gasteiger charge is -2.43. The molecule has 0 radical (unpaired) electrons. The summed E-state index contributed by atoms with van der Waals surface area (Å²) in [6, 6.07) is 6.10. The van der Waals surface area contributed by atoms with Crippen LogP contribution in [0.1, 0.15) is 40.0 Å². The number of carbonyl (C=O) groups excluding carboxylic acids is 2. The highest BCUT2D eigenvalue weighted by Crippen LogP contribution is 2.34. The van der Waals surface area contributed by atoms with Crippen molar-refractivity contribution in [3.63, 3.8) is 0 Å². The summed E-state index contributed by atoms with van der Waals surface area (Å²) in [4.78, 5) is 29.8. The van der Waals surface area contributed by atoms with Gasteiger partial charge >= 0.3 is 11.9 Å². The van der Waals surface area contributed by atoms with E-state index in [2.05, 4.69) is 32.8 Å². The summed E-state index contributed by atoms with van der Waals surface area (Å²) in [5, 5.41) is 8.28. The lowest BCUT2D eigenvalue weighted by atomic mass is 9.84. The number of nitrogens with zero attached hydrogens (tertiary/aromatic N) is 3. The van der Waals surface area contributed by atoms with Crippen molar-refractivity contribution in [2.24, 2.45) is 11.8 Å². The third-order valence-corrected chi connectivity index (χ3v) is 6.09. The fourth-order valence-electron chi connectivity index (χ4n) is 4.00. The van der Waals surface area contributed by atoms with Crippen LogP contribution in [0.2, 0.25) is 0 Å². The van der Waals surface area contributed by atoms with Crippen LogP contribution >= 0.6 is 12.8 Å². The van der Waals surface area contributed by atoms with Gasteiger partial charge in [-0.1, -0.05) is 48.9 Å². The maximum atomic E-state index is 13.6. The SMILES string of the molecule is CC(=O)O[C@H]1C(Cn2cc(-c3cccc(F)c3)nn2)OC(OCCCCC(=O)ONS)C(C)[C@H]1C. The molecule has 2 aromatic rings. The Kier molecular flexibility index (Phi) is 10.0. The van der Waals surface area contributed by atoms with E-state index >= 15 is 0 Å². The Hall–Kier alpha value is -2.54. The topological polar surface area (TPSA) is 114 Å². The monoisotopic (exact) mass is 510 g/mol. The molecule has 1 N–H and O–H groups in total.